The fourth-order valence-corrected chi connectivity index (χ4v) is 3.38. The highest BCUT2D eigenvalue weighted by atomic mass is 19.4. The van der Waals surface area contributed by atoms with Crippen molar-refractivity contribution >= 4 is 18.1 Å². The number of alkyl halides is 3. The summed E-state index contributed by atoms with van der Waals surface area (Å²) in [7, 11) is 0. The highest BCUT2D eigenvalue weighted by molar-refractivity contribution is 5.94. The standard InChI is InChI=1S/C22H15F3N2O2/c23-22(24,25)18-12-11-17(20(28)26-18)21(29)27-19-15-7-3-1-5-13(15)9-10-14-6-2-4-8-16(14)19/h1-12,19H,(H,26,28)(H,27,29). The third kappa shape index (κ3) is 3.59. The van der Waals surface area contributed by atoms with Crippen molar-refractivity contribution in [2.24, 2.45) is 0 Å². The average Bonchev–Trinajstić information content (AvgIpc) is 2.85. The lowest BCUT2D eigenvalue weighted by Crippen LogP contribution is -2.34. The van der Waals surface area contributed by atoms with Crippen LogP contribution in [0.3, 0.4) is 0 Å². The van der Waals surface area contributed by atoms with Gasteiger partial charge in [0.2, 0.25) is 0 Å². The van der Waals surface area contributed by atoms with Crippen molar-refractivity contribution in [2.45, 2.75) is 12.2 Å². The van der Waals surface area contributed by atoms with E-state index in [1.807, 2.05) is 60.7 Å². The second-order valence-corrected chi connectivity index (χ2v) is 6.61. The van der Waals surface area contributed by atoms with Gasteiger partial charge < -0.3 is 10.3 Å². The van der Waals surface area contributed by atoms with E-state index in [2.05, 4.69) is 5.32 Å². The van der Waals surface area contributed by atoms with Crippen LogP contribution in [-0.2, 0) is 6.18 Å². The lowest BCUT2D eigenvalue weighted by Gasteiger charge is -2.22. The predicted octanol–water partition coefficient (Wildman–Crippen LogP) is 4.40. The summed E-state index contributed by atoms with van der Waals surface area (Å²) in [6.07, 6.45) is -0.824. The van der Waals surface area contributed by atoms with Crippen LogP contribution >= 0.6 is 0 Å². The SMILES string of the molecule is O=C(NC1c2ccccc2C=Cc2ccccc21)c1ccc(C(F)(F)F)[nH]c1=O. The summed E-state index contributed by atoms with van der Waals surface area (Å²) in [6, 6.07) is 16.0. The first kappa shape index (κ1) is 18.7. The molecule has 0 spiro atoms. The number of hydrogen-bond acceptors (Lipinski definition) is 2. The van der Waals surface area contributed by atoms with Crippen molar-refractivity contribution in [1.29, 1.82) is 0 Å². The number of nitrogens with one attached hydrogen (secondary N) is 2. The Morgan fingerprint density at radius 3 is 1.93 bits per heavy atom. The zero-order valence-electron chi connectivity index (χ0n) is 15.0. The molecular weight excluding hydrogens is 381 g/mol. The van der Waals surface area contributed by atoms with Crippen molar-refractivity contribution in [3.05, 3.63) is 105 Å². The van der Waals surface area contributed by atoms with Gasteiger partial charge in [-0.3, -0.25) is 9.59 Å². The zero-order chi connectivity index (χ0) is 20.6. The van der Waals surface area contributed by atoms with Crippen molar-refractivity contribution in [3.8, 4) is 0 Å². The Balaban J connectivity index is 1.74. The molecule has 4 nitrogen and oxygen atoms in total. The minimum atomic E-state index is -4.70. The highest BCUT2D eigenvalue weighted by Crippen LogP contribution is 2.33. The second kappa shape index (κ2) is 7.09. The van der Waals surface area contributed by atoms with Crippen LogP contribution in [0.2, 0.25) is 0 Å². The van der Waals surface area contributed by atoms with Crippen LogP contribution in [-0.4, -0.2) is 10.9 Å². The van der Waals surface area contributed by atoms with Crippen molar-refractivity contribution in [2.75, 3.05) is 0 Å². The van der Waals surface area contributed by atoms with Gasteiger partial charge in [-0.25, -0.2) is 0 Å². The van der Waals surface area contributed by atoms with E-state index >= 15 is 0 Å². The minimum absolute atomic E-state index is 0.384. The lowest BCUT2D eigenvalue weighted by molar-refractivity contribution is -0.141. The van der Waals surface area contributed by atoms with Gasteiger partial charge >= 0.3 is 6.18 Å². The summed E-state index contributed by atoms with van der Waals surface area (Å²) in [5.74, 6) is -0.753. The minimum Gasteiger partial charge on any atom is -0.341 e. The molecule has 0 unspecified atom stereocenters. The van der Waals surface area contributed by atoms with E-state index in [1.54, 1.807) is 4.98 Å². The van der Waals surface area contributed by atoms with E-state index in [4.69, 9.17) is 0 Å². The summed E-state index contributed by atoms with van der Waals surface area (Å²) >= 11 is 0. The zero-order valence-corrected chi connectivity index (χ0v) is 15.0. The van der Waals surface area contributed by atoms with E-state index in [9.17, 15) is 22.8 Å². The van der Waals surface area contributed by atoms with Gasteiger partial charge in [0.05, 0.1) is 6.04 Å². The number of benzene rings is 2. The van der Waals surface area contributed by atoms with Crippen LogP contribution in [0.1, 0.15) is 44.3 Å². The fraction of sp³-hybridized carbons (Fsp3) is 0.0909. The van der Waals surface area contributed by atoms with Gasteiger partial charge in [-0.1, -0.05) is 60.7 Å². The maximum atomic E-state index is 12.8. The number of fused-ring (bicyclic) bond motifs is 2. The molecule has 0 radical (unpaired) electrons. The third-order valence-corrected chi connectivity index (χ3v) is 4.79. The van der Waals surface area contributed by atoms with E-state index in [0.717, 1.165) is 28.3 Å². The number of carbonyl (C=O) groups is 1. The maximum absolute atomic E-state index is 12.8. The third-order valence-electron chi connectivity index (χ3n) is 4.79. The van der Waals surface area contributed by atoms with Crippen molar-refractivity contribution in [3.63, 3.8) is 0 Å². The number of aromatic amines is 1. The fourth-order valence-electron chi connectivity index (χ4n) is 3.38. The largest absolute Gasteiger partial charge is 0.431 e. The van der Waals surface area contributed by atoms with Crippen molar-refractivity contribution < 1.29 is 18.0 Å². The molecule has 1 aromatic heterocycles. The molecule has 1 amide bonds. The van der Waals surface area contributed by atoms with Gasteiger partial charge in [0, 0.05) is 0 Å². The normalized spacial score (nSPS) is 13.3. The van der Waals surface area contributed by atoms with Crippen molar-refractivity contribution in [1.82, 2.24) is 10.3 Å². The molecule has 146 valence electrons. The predicted molar refractivity (Wildman–Crippen MR) is 103 cm³/mol. The van der Waals surface area contributed by atoms with Gasteiger partial charge in [-0.2, -0.15) is 13.2 Å². The molecule has 0 aliphatic heterocycles. The molecule has 1 aliphatic carbocycles. The molecule has 1 aliphatic rings. The van der Waals surface area contributed by atoms with Crippen LogP contribution in [0.15, 0.2) is 65.5 Å². The Morgan fingerprint density at radius 1 is 0.862 bits per heavy atom. The summed E-state index contributed by atoms with van der Waals surface area (Å²) < 4.78 is 38.3. The van der Waals surface area contributed by atoms with E-state index < -0.39 is 29.4 Å². The number of pyridine rings is 1. The number of rotatable bonds is 2. The molecule has 0 saturated heterocycles. The molecule has 29 heavy (non-hydrogen) atoms. The monoisotopic (exact) mass is 396 g/mol. The maximum Gasteiger partial charge on any atom is 0.431 e. The molecule has 1 heterocycles. The van der Waals surface area contributed by atoms with E-state index in [1.165, 1.54) is 0 Å². The van der Waals surface area contributed by atoms with Crippen LogP contribution in [0, 0.1) is 0 Å². The molecule has 0 saturated carbocycles. The first-order valence-electron chi connectivity index (χ1n) is 8.82. The Bertz CT molecular complexity index is 1130. The lowest BCUT2D eigenvalue weighted by atomic mass is 9.94. The van der Waals surface area contributed by atoms with Gasteiger partial charge in [0.1, 0.15) is 11.3 Å². The van der Waals surface area contributed by atoms with Gasteiger partial charge in [0.25, 0.3) is 11.5 Å². The van der Waals surface area contributed by atoms with Crippen LogP contribution in [0.5, 0.6) is 0 Å². The number of halogens is 3. The molecule has 0 atom stereocenters. The number of carbonyl (C=O) groups excluding carboxylic acids is 1. The summed E-state index contributed by atoms with van der Waals surface area (Å²) in [6.45, 7) is 0. The van der Waals surface area contributed by atoms with Gasteiger partial charge in [0.15, 0.2) is 0 Å². The number of aromatic nitrogens is 1. The number of amides is 1. The Kier molecular flexibility index (Phi) is 4.58. The first-order valence-corrected chi connectivity index (χ1v) is 8.82. The molecule has 0 bridgehead atoms. The summed E-state index contributed by atoms with van der Waals surface area (Å²) in [4.78, 5) is 26.6. The van der Waals surface area contributed by atoms with Crippen LogP contribution in [0.4, 0.5) is 13.2 Å². The molecule has 2 aromatic carbocycles. The molecule has 4 rings (SSSR count). The average molecular weight is 396 g/mol. The Hall–Kier alpha value is -3.61. The van der Waals surface area contributed by atoms with Crippen LogP contribution < -0.4 is 10.9 Å². The molecule has 2 N–H and O–H groups in total. The van der Waals surface area contributed by atoms with Crippen LogP contribution in [0.25, 0.3) is 12.2 Å². The number of hydrogen-bond donors (Lipinski definition) is 2. The molecule has 3 aromatic rings. The molecule has 0 fully saturated rings. The molecular formula is C22H15F3N2O2. The second-order valence-electron chi connectivity index (χ2n) is 6.61. The summed E-state index contributed by atoms with van der Waals surface area (Å²) in [5, 5.41) is 2.81. The highest BCUT2D eigenvalue weighted by Gasteiger charge is 2.32. The van der Waals surface area contributed by atoms with Gasteiger partial charge in [-0.05, 0) is 34.4 Å². The van der Waals surface area contributed by atoms with Gasteiger partial charge in [-0.15, -0.1) is 0 Å². The smallest absolute Gasteiger partial charge is 0.341 e. The summed E-state index contributed by atoms with van der Waals surface area (Å²) in [5.41, 5.74) is 0.769. The topological polar surface area (TPSA) is 62.0 Å². The Morgan fingerprint density at radius 2 is 1.41 bits per heavy atom. The quantitative estimate of drug-likeness (QED) is 0.675. The first-order chi connectivity index (χ1) is 13.8. The number of H-pyrrole nitrogens is 1. The van der Waals surface area contributed by atoms with E-state index in [-0.39, 0.29) is 5.56 Å². The Labute approximate surface area is 163 Å². The van der Waals surface area contributed by atoms with E-state index in [0.29, 0.717) is 6.07 Å². The molecule has 7 heteroatoms.